The number of nitrogens with one attached hydrogen (secondary N) is 1. The number of benzene rings is 2. The van der Waals surface area contributed by atoms with E-state index < -0.39 is 0 Å². The quantitative estimate of drug-likeness (QED) is 0.725. The Hall–Kier alpha value is -2.44. The van der Waals surface area contributed by atoms with Crippen LogP contribution in [0.3, 0.4) is 0 Å². The normalized spacial score (nSPS) is 10.2. The molecule has 2 aromatic carbocycles. The summed E-state index contributed by atoms with van der Waals surface area (Å²) in [6.45, 7) is 2.48. The van der Waals surface area contributed by atoms with Crippen molar-refractivity contribution in [2.75, 3.05) is 6.61 Å². The molecule has 3 aromatic rings. The topological polar surface area (TPSA) is 37.9 Å². The summed E-state index contributed by atoms with van der Waals surface area (Å²) >= 11 is 6.26. The lowest BCUT2D eigenvalue weighted by Gasteiger charge is -1.95. The minimum atomic E-state index is 0.497. The van der Waals surface area contributed by atoms with Gasteiger partial charge in [0.1, 0.15) is 0 Å². The number of rotatable bonds is 2. The van der Waals surface area contributed by atoms with Crippen molar-refractivity contribution in [2.45, 2.75) is 6.92 Å². The third kappa shape index (κ3) is 3.01. The van der Waals surface area contributed by atoms with Gasteiger partial charge >= 0.3 is 0 Å². The van der Waals surface area contributed by atoms with Gasteiger partial charge in [-0.3, -0.25) is 0 Å². The largest absolute Gasteiger partial charge is 0.465 e. The number of aromatic nitrogens is 2. The summed E-state index contributed by atoms with van der Waals surface area (Å²) in [5, 5.41) is 0.584. The number of hydrogen-bond donors (Lipinski definition) is 1. The van der Waals surface area contributed by atoms with Crippen LogP contribution in [0.1, 0.15) is 18.1 Å². The zero-order valence-electron chi connectivity index (χ0n) is 11.5. The smallest absolute Gasteiger partial charge is 0.294 e. The van der Waals surface area contributed by atoms with Gasteiger partial charge in [-0.25, -0.2) is 0 Å². The van der Waals surface area contributed by atoms with Gasteiger partial charge < -0.3 is 9.72 Å². The third-order valence-electron chi connectivity index (χ3n) is 2.95. The van der Waals surface area contributed by atoms with Gasteiger partial charge in [-0.2, -0.15) is 4.98 Å². The van der Waals surface area contributed by atoms with E-state index in [1.807, 2.05) is 43.3 Å². The number of imidazole rings is 1. The first-order valence-electron chi connectivity index (χ1n) is 6.65. The second-order valence-electron chi connectivity index (χ2n) is 4.44. The summed E-state index contributed by atoms with van der Waals surface area (Å²) < 4.78 is 5.35. The minimum Gasteiger partial charge on any atom is -0.465 e. The second-order valence-corrected chi connectivity index (χ2v) is 4.85. The predicted octanol–water partition coefficient (Wildman–Crippen LogP) is 4.01. The van der Waals surface area contributed by atoms with Gasteiger partial charge in [0, 0.05) is 11.1 Å². The molecule has 0 spiro atoms. The van der Waals surface area contributed by atoms with Crippen molar-refractivity contribution in [3.05, 3.63) is 58.6 Å². The molecule has 0 aliphatic rings. The maximum absolute atomic E-state index is 6.26. The summed E-state index contributed by atoms with van der Waals surface area (Å²) in [4.78, 5) is 7.41. The summed E-state index contributed by atoms with van der Waals surface area (Å²) in [5.74, 6) is 6.19. The minimum absolute atomic E-state index is 0.497. The fraction of sp³-hybridized carbons (Fsp3) is 0.118. The molecular weight excluding hydrogens is 284 g/mol. The van der Waals surface area contributed by atoms with Gasteiger partial charge in [0.05, 0.1) is 22.7 Å². The summed E-state index contributed by atoms with van der Waals surface area (Å²) in [6.07, 6.45) is 0. The lowest BCUT2D eigenvalue weighted by molar-refractivity contribution is 0.317. The van der Waals surface area contributed by atoms with Crippen LogP contribution in [-0.2, 0) is 0 Å². The Morgan fingerprint density at radius 3 is 2.76 bits per heavy atom. The molecule has 0 saturated heterocycles. The summed E-state index contributed by atoms with van der Waals surface area (Å²) in [7, 11) is 0. The van der Waals surface area contributed by atoms with Crippen molar-refractivity contribution in [3.63, 3.8) is 0 Å². The number of H-pyrrole nitrogens is 1. The van der Waals surface area contributed by atoms with Crippen molar-refractivity contribution in [2.24, 2.45) is 0 Å². The Bertz CT molecular complexity index is 828. The molecule has 1 N–H and O–H groups in total. The van der Waals surface area contributed by atoms with E-state index in [0.717, 1.165) is 22.2 Å². The van der Waals surface area contributed by atoms with Crippen LogP contribution in [-0.4, -0.2) is 16.6 Å². The van der Waals surface area contributed by atoms with E-state index in [0.29, 0.717) is 17.6 Å². The number of nitrogens with zero attached hydrogens (tertiary/aromatic N) is 1. The number of hydrogen-bond acceptors (Lipinski definition) is 2. The van der Waals surface area contributed by atoms with Crippen LogP contribution in [0.5, 0.6) is 6.01 Å². The molecule has 4 heteroatoms. The number of aromatic amines is 1. The fourth-order valence-corrected chi connectivity index (χ4v) is 2.17. The van der Waals surface area contributed by atoms with E-state index >= 15 is 0 Å². The highest BCUT2D eigenvalue weighted by molar-refractivity contribution is 6.32. The van der Waals surface area contributed by atoms with Crippen LogP contribution in [0.2, 0.25) is 5.02 Å². The molecule has 0 unspecified atom stereocenters. The van der Waals surface area contributed by atoms with E-state index in [9.17, 15) is 0 Å². The Morgan fingerprint density at radius 2 is 2.00 bits per heavy atom. The average Bonchev–Trinajstić information content (AvgIpc) is 2.87. The van der Waals surface area contributed by atoms with Gasteiger partial charge in [0.15, 0.2) is 0 Å². The van der Waals surface area contributed by atoms with E-state index in [4.69, 9.17) is 16.3 Å². The van der Waals surface area contributed by atoms with E-state index in [1.54, 1.807) is 6.07 Å². The molecule has 1 heterocycles. The second kappa shape index (κ2) is 5.90. The molecule has 3 nitrogen and oxygen atoms in total. The molecule has 0 aliphatic heterocycles. The molecule has 0 radical (unpaired) electrons. The van der Waals surface area contributed by atoms with Gasteiger partial charge in [-0.05, 0) is 31.2 Å². The zero-order valence-corrected chi connectivity index (χ0v) is 12.2. The highest BCUT2D eigenvalue weighted by Gasteiger charge is 2.07. The lowest BCUT2D eigenvalue weighted by atomic mass is 10.1. The molecule has 0 atom stereocenters. The molecular formula is C17H13ClN2O. The Balaban J connectivity index is 1.99. The van der Waals surface area contributed by atoms with Crippen molar-refractivity contribution in [3.8, 4) is 17.9 Å². The number of halogens is 1. The van der Waals surface area contributed by atoms with Crippen LogP contribution < -0.4 is 4.74 Å². The third-order valence-corrected chi connectivity index (χ3v) is 3.26. The molecule has 3 rings (SSSR count). The average molecular weight is 297 g/mol. The van der Waals surface area contributed by atoms with Crippen LogP contribution in [0.25, 0.3) is 11.0 Å². The maximum atomic E-state index is 6.26. The van der Waals surface area contributed by atoms with Gasteiger partial charge in [-0.1, -0.05) is 41.6 Å². The van der Waals surface area contributed by atoms with Crippen molar-refractivity contribution >= 4 is 22.6 Å². The molecule has 21 heavy (non-hydrogen) atoms. The first kappa shape index (κ1) is 13.5. The number of fused-ring (bicyclic) bond motifs is 1. The van der Waals surface area contributed by atoms with Crippen molar-refractivity contribution in [1.29, 1.82) is 0 Å². The van der Waals surface area contributed by atoms with E-state index in [1.165, 1.54) is 0 Å². The lowest BCUT2D eigenvalue weighted by Crippen LogP contribution is -1.92. The predicted molar refractivity (Wildman–Crippen MR) is 84.7 cm³/mol. The maximum Gasteiger partial charge on any atom is 0.294 e. The molecule has 104 valence electrons. The standard InChI is InChI=1S/C17H13ClN2O/c1-2-21-17-19-15-10-13(14(18)11-16(15)20-17)9-8-12-6-4-3-5-7-12/h3-7,10-11H,2H2,1H3,(H,19,20). The molecule has 0 fully saturated rings. The first-order valence-corrected chi connectivity index (χ1v) is 7.03. The SMILES string of the molecule is CCOc1nc2cc(Cl)c(C#Cc3ccccc3)cc2[nH]1. The molecule has 0 amide bonds. The molecule has 0 bridgehead atoms. The number of ether oxygens (including phenoxy) is 1. The Kier molecular flexibility index (Phi) is 3.81. The zero-order chi connectivity index (χ0) is 14.7. The molecule has 0 saturated carbocycles. The van der Waals surface area contributed by atoms with Crippen molar-refractivity contribution < 1.29 is 4.74 Å². The van der Waals surface area contributed by atoms with Gasteiger partial charge in [0.25, 0.3) is 6.01 Å². The van der Waals surface area contributed by atoms with Crippen LogP contribution in [0, 0.1) is 11.8 Å². The fourth-order valence-electron chi connectivity index (χ4n) is 1.97. The first-order chi connectivity index (χ1) is 10.3. The van der Waals surface area contributed by atoms with Crippen LogP contribution in [0.4, 0.5) is 0 Å². The monoisotopic (exact) mass is 296 g/mol. The molecule has 1 aromatic heterocycles. The van der Waals surface area contributed by atoms with Crippen LogP contribution in [0.15, 0.2) is 42.5 Å². The van der Waals surface area contributed by atoms with E-state index in [-0.39, 0.29) is 0 Å². The highest BCUT2D eigenvalue weighted by atomic mass is 35.5. The Morgan fingerprint density at radius 1 is 1.19 bits per heavy atom. The Labute approximate surface area is 127 Å². The molecule has 0 aliphatic carbocycles. The van der Waals surface area contributed by atoms with Gasteiger partial charge in [0.2, 0.25) is 0 Å². The van der Waals surface area contributed by atoms with Crippen LogP contribution >= 0.6 is 11.6 Å². The van der Waals surface area contributed by atoms with E-state index in [2.05, 4.69) is 21.8 Å². The highest BCUT2D eigenvalue weighted by Crippen LogP contribution is 2.24. The summed E-state index contributed by atoms with van der Waals surface area (Å²) in [6, 6.07) is 14.0. The summed E-state index contributed by atoms with van der Waals surface area (Å²) in [5.41, 5.74) is 3.35. The van der Waals surface area contributed by atoms with Crippen molar-refractivity contribution in [1.82, 2.24) is 9.97 Å². The van der Waals surface area contributed by atoms with Gasteiger partial charge in [-0.15, -0.1) is 0 Å².